The molecule has 17 heavy (non-hydrogen) atoms. The summed E-state index contributed by atoms with van der Waals surface area (Å²) in [5, 5.41) is 0. The van der Waals surface area contributed by atoms with E-state index in [-0.39, 0.29) is 5.78 Å². The molecule has 2 rings (SSSR count). The van der Waals surface area contributed by atoms with Crippen molar-refractivity contribution in [3.05, 3.63) is 54.0 Å². The zero-order chi connectivity index (χ0) is 12.1. The molecule has 86 valence electrons. The van der Waals surface area contributed by atoms with Crippen LogP contribution in [0, 0.1) is 0 Å². The van der Waals surface area contributed by atoms with E-state index >= 15 is 0 Å². The van der Waals surface area contributed by atoms with E-state index in [2.05, 4.69) is 9.97 Å². The van der Waals surface area contributed by atoms with Crippen LogP contribution in [0.25, 0.3) is 0 Å². The average molecular weight is 228 g/mol. The molecule has 0 bridgehead atoms. The Kier molecular flexibility index (Phi) is 3.45. The maximum Gasteiger partial charge on any atom is 0.224 e. The number of nitrogens with zero attached hydrogens (tertiary/aromatic N) is 2. The average Bonchev–Trinajstić information content (AvgIpc) is 2.40. The van der Waals surface area contributed by atoms with Gasteiger partial charge in [-0.15, -0.1) is 0 Å². The van der Waals surface area contributed by atoms with Gasteiger partial charge in [-0.3, -0.25) is 9.78 Å². The lowest BCUT2D eigenvalue weighted by atomic mass is 10.1. The summed E-state index contributed by atoms with van der Waals surface area (Å²) in [4.78, 5) is 20.0. The van der Waals surface area contributed by atoms with E-state index in [0.717, 1.165) is 5.56 Å². The number of rotatable bonds is 4. The van der Waals surface area contributed by atoms with Gasteiger partial charge in [0.2, 0.25) is 5.88 Å². The van der Waals surface area contributed by atoms with Crippen molar-refractivity contribution < 1.29 is 9.53 Å². The summed E-state index contributed by atoms with van der Waals surface area (Å²) in [5.74, 6) is 0.337. The molecule has 2 aromatic heterocycles. The second-order valence-corrected chi connectivity index (χ2v) is 3.52. The SMILES string of the molecule is COc1ncccc1C(=O)Cc1cccnc1. The molecular formula is C13H12N2O2. The molecule has 0 saturated carbocycles. The molecule has 0 aromatic carbocycles. The number of hydrogen-bond acceptors (Lipinski definition) is 4. The summed E-state index contributed by atoms with van der Waals surface area (Å²) in [7, 11) is 1.50. The number of carbonyl (C=O) groups is 1. The summed E-state index contributed by atoms with van der Waals surface area (Å²) in [6.45, 7) is 0. The Labute approximate surface area is 99.3 Å². The molecule has 0 aliphatic rings. The highest BCUT2D eigenvalue weighted by Gasteiger charge is 2.13. The van der Waals surface area contributed by atoms with E-state index in [1.54, 1.807) is 30.7 Å². The number of pyridine rings is 2. The van der Waals surface area contributed by atoms with Gasteiger partial charge in [-0.25, -0.2) is 4.98 Å². The lowest BCUT2D eigenvalue weighted by Crippen LogP contribution is -2.06. The molecular weight excluding hydrogens is 216 g/mol. The Morgan fingerprint density at radius 3 is 2.82 bits per heavy atom. The highest BCUT2D eigenvalue weighted by Crippen LogP contribution is 2.16. The number of methoxy groups -OCH3 is 1. The molecule has 0 N–H and O–H groups in total. The fourth-order valence-electron chi connectivity index (χ4n) is 1.55. The third kappa shape index (κ3) is 2.66. The Balaban J connectivity index is 2.20. The van der Waals surface area contributed by atoms with Crippen LogP contribution in [0.1, 0.15) is 15.9 Å². The zero-order valence-corrected chi connectivity index (χ0v) is 9.46. The van der Waals surface area contributed by atoms with Crippen LogP contribution < -0.4 is 4.74 Å². The van der Waals surface area contributed by atoms with Gasteiger partial charge in [0.1, 0.15) is 0 Å². The van der Waals surface area contributed by atoms with Crippen LogP contribution in [0.2, 0.25) is 0 Å². The molecule has 0 aliphatic heterocycles. The molecule has 0 fully saturated rings. The number of Topliss-reactive ketones (excluding diaryl/α,β-unsaturated/α-hetero) is 1. The van der Waals surface area contributed by atoms with E-state index in [4.69, 9.17) is 4.74 Å². The van der Waals surface area contributed by atoms with Gasteiger partial charge >= 0.3 is 0 Å². The first kappa shape index (κ1) is 11.3. The van der Waals surface area contributed by atoms with Gasteiger partial charge in [0, 0.05) is 25.0 Å². The maximum absolute atomic E-state index is 12.0. The highest BCUT2D eigenvalue weighted by atomic mass is 16.5. The smallest absolute Gasteiger partial charge is 0.224 e. The summed E-state index contributed by atoms with van der Waals surface area (Å²) in [5.41, 5.74) is 1.38. The van der Waals surface area contributed by atoms with Crippen LogP contribution in [0.15, 0.2) is 42.9 Å². The monoisotopic (exact) mass is 228 g/mol. The molecule has 0 unspecified atom stereocenters. The number of carbonyl (C=O) groups excluding carboxylic acids is 1. The summed E-state index contributed by atoms with van der Waals surface area (Å²) >= 11 is 0. The number of ketones is 1. The second-order valence-electron chi connectivity index (χ2n) is 3.52. The van der Waals surface area contributed by atoms with Gasteiger partial charge in [-0.1, -0.05) is 6.07 Å². The molecule has 0 atom stereocenters. The lowest BCUT2D eigenvalue weighted by Gasteiger charge is -2.05. The van der Waals surface area contributed by atoms with Gasteiger partial charge < -0.3 is 4.74 Å². The fourth-order valence-corrected chi connectivity index (χ4v) is 1.55. The summed E-state index contributed by atoms with van der Waals surface area (Å²) < 4.78 is 5.06. The minimum absolute atomic E-state index is 0.0250. The quantitative estimate of drug-likeness (QED) is 0.750. The molecule has 0 spiro atoms. The van der Waals surface area contributed by atoms with Crippen LogP contribution in [0.3, 0.4) is 0 Å². The van der Waals surface area contributed by atoms with Crippen molar-refractivity contribution in [3.8, 4) is 5.88 Å². The summed E-state index contributed by atoms with van der Waals surface area (Å²) in [6.07, 6.45) is 5.26. The molecule has 0 aliphatic carbocycles. The minimum atomic E-state index is -0.0250. The number of aromatic nitrogens is 2. The van der Waals surface area contributed by atoms with Gasteiger partial charge in [0.15, 0.2) is 5.78 Å². The molecule has 4 nitrogen and oxygen atoms in total. The number of ether oxygens (including phenoxy) is 1. The molecule has 0 saturated heterocycles. The van der Waals surface area contributed by atoms with Crippen LogP contribution in [0.5, 0.6) is 5.88 Å². The van der Waals surface area contributed by atoms with Gasteiger partial charge in [0.25, 0.3) is 0 Å². The Hall–Kier alpha value is -2.23. The molecule has 4 heteroatoms. The molecule has 2 heterocycles. The van der Waals surface area contributed by atoms with Crippen molar-refractivity contribution in [2.45, 2.75) is 6.42 Å². The maximum atomic E-state index is 12.0. The largest absolute Gasteiger partial charge is 0.480 e. The van der Waals surface area contributed by atoms with Crippen molar-refractivity contribution >= 4 is 5.78 Å². The zero-order valence-electron chi connectivity index (χ0n) is 9.46. The molecule has 2 aromatic rings. The van der Waals surface area contributed by atoms with E-state index in [9.17, 15) is 4.79 Å². The predicted octanol–water partition coefficient (Wildman–Crippen LogP) is 1.91. The van der Waals surface area contributed by atoms with Crippen molar-refractivity contribution in [2.75, 3.05) is 7.11 Å². The predicted molar refractivity (Wildman–Crippen MR) is 63.1 cm³/mol. The Morgan fingerprint density at radius 1 is 1.29 bits per heavy atom. The third-order valence-corrected chi connectivity index (χ3v) is 2.35. The van der Waals surface area contributed by atoms with Crippen molar-refractivity contribution in [2.24, 2.45) is 0 Å². The van der Waals surface area contributed by atoms with E-state index in [1.807, 2.05) is 12.1 Å². The van der Waals surface area contributed by atoms with Crippen molar-refractivity contribution in [1.29, 1.82) is 0 Å². The van der Waals surface area contributed by atoms with Gasteiger partial charge in [0.05, 0.1) is 12.7 Å². The van der Waals surface area contributed by atoms with Gasteiger partial charge in [-0.2, -0.15) is 0 Å². The van der Waals surface area contributed by atoms with Crippen LogP contribution in [0.4, 0.5) is 0 Å². The molecule has 0 amide bonds. The molecule has 0 radical (unpaired) electrons. The second kappa shape index (κ2) is 5.21. The van der Waals surface area contributed by atoms with E-state index < -0.39 is 0 Å². The van der Waals surface area contributed by atoms with Gasteiger partial charge in [-0.05, 0) is 23.8 Å². The van der Waals surface area contributed by atoms with E-state index in [0.29, 0.717) is 17.9 Å². The highest BCUT2D eigenvalue weighted by molar-refractivity contribution is 5.99. The van der Waals surface area contributed by atoms with Crippen LogP contribution >= 0.6 is 0 Å². The normalized spacial score (nSPS) is 9.94. The standard InChI is InChI=1S/C13H12N2O2/c1-17-13-11(5-3-7-15-13)12(16)8-10-4-2-6-14-9-10/h2-7,9H,8H2,1H3. The Morgan fingerprint density at radius 2 is 2.12 bits per heavy atom. The third-order valence-electron chi connectivity index (χ3n) is 2.35. The first-order valence-electron chi connectivity index (χ1n) is 5.22. The summed E-state index contributed by atoms with van der Waals surface area (Å²) in [6, 6.07) is 7.11. The topological polar surface area (TPSA) is 52.1 Å². The number of hydrogen-bond donors (Lipinski definition) is 0. The Bertz CT molecular complexity index is 512. The first-order chi connectivity index (χ1) is 8.31. The van der Waals surface area contributed by atoms with Crippen LogP contribution in [-0.2, 0) is 6.42 Å². The van der Waals surface area contributed by atoms with Crippen LogP contribution in [-0.4, -0.2) is 22.9 Å². The minimum Gasteiger partial charge on any atom is -0.480 e. The lowest BCUT2D eigenvalue weighted by molar-refractivity contribution is 0.0989. The fraction of sp³-hybridized carbons (Fsp3) is 0.154. The first-order valence-corrected chi connectivity index (χ1v) is 5.22. The van der Waals surface area contributed by atoms with Crippen molar-refractivity contribution in [3.63, 3.8) is 0 Å². The van der Waals surface area contributed by atoms with Crippen molar-refractivity contribution in [1.82, 2.24) is 9.97 Å². The van der Waals surface area contributed by atoms with E-state index in [1.165, 1.54) is 7.11 Å².